The maximum Gasteiger partial charge on any atom is 0.264 e. The van der Waals surface area contributed by atoms with E-state index in [9.17, 15) is 13.2 Å². The van der Waals surface area contributed by atoms with Crippen LogP contribution in [0.5, 0.6) is 5.75 Å². The van der Waals surface area contributed by atoms with E-state index in [0.29, 0.717) is 12.3 Å². The summed E-state index contributed by atoms with van der Waals surface area (Å²) in [7, 11) is -3.95. The number of sulfonamides is 1. The number of rotatable bonds is 10. The number of aryl methyl sites for hydroxylation is 1. The average molecular weight is 466 g/mol. The minimum atomic E-state index is -3.95. The molecule has 0 aliphatic carbocycles. The largest absolute Gasteiger partial charge is 0.494 e. The number of nitrogens with one attached hydrogen (secondary N) is 1. The second kappa shape index (κ2) is 11.3. The fourth-order valence-electron chi connectivity index (χ4n) is 2.96. The fourth-order valence-corrected chi connectivity index (χ4v) is 4.38. The van der Waals surface area contributed by atoms with Crippen LogP contribution in [-0.4, -0.2) is 33.7 Å². The van der Waals surface area contributed by atoms with Crippen LogP contribution in [-0.2, 0) is 14.8 Å². The van der Waals surface area contributed by atoms with E-state index in [2.05, 4.69) is 10.5 Å². The van der Waals surface area contributed by atoms with E-state index in [1.165, 1.54) is 18.3 Å². The first kappa shape index (κ1) is 24.0. The zero-order valence-electron chi connectivity index (χ0n) is 18.6. The van der Waals surface area contributed by atoms with Crippen molar-refractivity contribution in [2.75, 3.05) is 17.5 Å². The van der Waals surface area contributed by atoms with E-state index in [0.717, 1.165) is 27.6 Å². The minimum Gasteiger partial charge on any atom is -0.494 e. The monoisotopic (exact) mass is 465 g/mol. The van der Waals surface area contributed by atoms with Crippen LogP contribution in [0.1, 0.15) is 24.5 Å². The van der Waals surface area contributed by atoms with Crippen LogP contribution in [0, 0.1) is 6.92 Å². The van der Waals surface area contributed by atoms with Crippen LogP contribution in [0.4, 0.5) is 5.69 Å². The number of ether oxygens (including phenoxy) is 1. The second-order valence-corrected chi connectivity index (χ2v) is 9.23. The van der Waals surface area contributed by atoms with Gasteiger partial charge in [-0.05, 0) is 67.4 Å². The van der Waals surface area contributed by atoms with Gasteiger partial charge in [-0.2, -0.15) is 5.10 Å². The summed E-state index contributed by atoms with van der Waals surface area (Å²) in [6.07, 6.45) is 2.41. The van der Waals surface area contributed by atoms with Crippen LogP contribution in [0.15, 0.2) is 88.9 Å². The number of amides is 1. The first-order valence-electron chi connectivity index (χ1n) is 10.6. The predicted molar refractivity (Wildman–Crippen MR) is 130 cm³/mol. The standard InChI is InChI=1S/C25H27N3O4S/c1-3-17-32-23-13-11-21(12-14-23)18-26-27-25(29)19-28(22-7-5-4-6-8-22)33(30,31)24-15-9-20(2)10-16-24/h4-16,18H,3,17,19H2,1-2H3,(H,27,29). The third-order valence-corrected chi connectivity index (χ3v) is 6.48. The van der Waals surface area contributed by atoms with Crippen molar-refractivity contribution >= 4 is 27.8 Å². The lowest BCUT2D eigenvalue weighted by molar-refractivity contribution is -0.119. The lowest BCUT2D eigenvalue weighted by Crippen LogP contribution is -2.39. The number of carbonyl (C=O) groups excluding carboxylic acids is 1. The number of carbonyl (C=O) groups is 1. The minimum absolute atomic E-state index is 0.110. The molecule has 7 nitrogen and oxygen atoms in total. The molecule has 0 bridgehead atoms. The van der Waals surface area contributed by atoms with Crippen molar-refractivity contribution in [1.82, 2.24) is 5.43 Å². The molecule has 0 radical (unpaired) electrons. The average Bonchev–Trinajstić information content (AvgIpc) is 2.83. The van der Waals surface area contributed by atoms with Gasteiger partial charge in [0, 0.05) is 0 Å². The molecule has 8 heteroatoms. The van der Waals surface area contributed by atoms with E-state index in [1.807, 2.05) is 38.1 Å². The van der Waals surface area contributed by atoms with Gasteiger partial charge in [0.25, 0.3) is 15.9 Å². The highest BCUT2D eigenvalue weighted by molar-refractivity contribution is 7.92. The van der Waals surface area contributed by atoms with Crippen molar-refractivity contribution in [3.05, 3.63) is 90.0 Å². The van der Waals surface area contributed by atoms with Gasteiger partial charge in [-0.25, -0.2) is 13.8 Å². The SMILES string of the molecule is CCCOc1ccc(C=NNC(=O)CN(c2ccccc2)S(=O)(=O)c2ccc(C)cc2)cc1. The van der Waals surface area contributed by atoms with Crippen molar-refractivity contribution < 1.29 is 17.9 Å². The molecule has 1 N–H and O–H groups in total. The molecule has 0 aliphatic rings. The molecule has 0 saturated carbocycles. The molecule has 1 amide bonds. The Morgan fingerprint density at radius 1 is 1.00 bits per heavy atom. The topological polar surface area (TPSA) is 88.1 Å². The Kier molecular flexibility index (Phi) is 8.21. The van der Waals surface area contributed by atoms with Crippen LogP contribution in [0.3, 0.4) is 0 Å². The second-order valence-electron chi connectivity index (χ2n) is 7.37. The Bertz CT molecular complexity index is 1180. The van der Waals surface area contributed by atoms with Gasteiger partial charge >= 0.3 is 0 Å². The van der Waals surface area contributed by atoms with Gasteiger partial charge in [-0.3, -0.25) is 9.10 Å². The number of benzene rings is 3. The Morgan fingerprint density at radius 2 is 1.67 bits per heavy atom. The molecule has 0 aliphatic heterocycles. The van der Waals surface area contributed by atoms with E-state index >= 15 is 0 Å². The van der Waals surface area contributed by atoms with Crippen molar-refractivity contribution in [2.24, 2.45) is 5.10 Å². The highest BCUT2D eigenvalue weighted by Gasteiger charge is 2.27. The van der Waals surface area contributed by atoms with Crippen LogP contribution >= 0.6 is 0 Å². The van der Waals surface area contributed by atoms with Crippen LogP contribution in [0.25, 0.3) is 0 Å². The molecule has 3 aromatic rings. The van der Waals surface area contributed by atoms with Crippen molar-refractivity contribution in [3.63, 3.8) is 0 Å². The van der Waals surface area contributed by atoms with Crippen molar-refractivity contribution in [3.8, 4) is 5.75 Å². The quantitative estimate of drug-likeness (QED) is 0.360. The summed E-state index contributed by atoms with van der Waals surface area (Å²) in [4.78, 5) is 12.7. The maximum absolute atomic E-state index is 13.3. The Morgan fingerprint density at radius 3 is 2.30 bits per heavy atom. The zero-order valence-corrected chi connectivity index (χ0v) is 19.5. The molecule has 0 aromatic heterocycles. The number of hydrogen-bond acceptors (Lipinski definition) is 5. The molecule has 0 saturated heterocycles. The first-order valence-corrected chi connectivity index (χ1v) is 12.0. The number of hydrogen-bond donors (Lipinski definition) is 1. The Balaban J connectivity index is 1.72. The molecule has 0 heterocycles. The normalized spacial score (nSPS) is 11.3. The summed E-state index contributed by atoms with van der Waals surface area (Å²) < 4.78 is 33.2. The van der Waals surface area contributed by atoms with E-state index in [4.69, 9.17) is 4.74 Å². The van der Waals surface area contributed by atoms with Gasteiger partial charge in [-0.1, -0.05) is 42.8 Å². The summed E-state index contributed by atoms with van der Waals surface area (Å²) in [6, 6.07) is 22.3. The Labute approximate surface area is 194 Å². The predicted octanol–water partition coefficient (Wildman–Crippen LogP) is 4.13. The molecule has 0 spiro atoms. The first-order chi connectivity index (χ1) is 15.9. The third-order valence-electron chi connectivity index (χ3n) is 4.70. The fraction of sp³-hybridized carbons (Fsp3) is 0.200. The zero-order chi connectivity index (χ0) is 23.7. The van der Waals surface area contributed by atoms with Gasteiger partial charge in [0.1, 0.15) is 12.3 Å². The van der Waals surface area contributed by atoms with Crippen LogP contribution in [0.2, 0.25) is 0 Å². The molecule has 172 valence electrons. The van der Waals surface area contributed by atoms with Crippen molar-refractivity contribution in [1.29, 1.82) is 0 Å². The van der Waals surface area contributed by atoms with Gasteiger partial charge < -0.3 is 4.74 Å². The summed E-state index contributed by atoms with van der Waals surface area (Å²) in [6.45, 7) is 4.14. The van der Waals surface area contributed by atoms with Gasteiger partial charge in [0.05, 0.1) is 23.4 Å². The molecular weight excluding hydrogens is 438 g/mol. The van der Waals surface area contributed by atoms with E-state index in [-0.39, 0.29) is 4.90 Å². The molecule has 0 fully saturated rings. The van der Waals surface area contributed by atoms with E-state index < -0.39 is 22.5 Å². The summed E-state index contributed by atoms with van der Waals surface area (Å²) in [5.74, 6) is 0.200. The molecule has 3 aromatic carbocycles. The highest BCUT2D eigenvalue weighted by Crippen LogP contribution is 2.23. The molecule has 33 heavy (non-hydrogen) atoms. The summed E-state index contributed by atoms with van der Waals surface area (Å²) in [5, 5.41) is 3.96. The van der Waals surface area contributed by atoms with Gasteiger partial charge in [0.2, 0.25) is 0 Å². The lowest BCUT2D eigenvalue weighted by Gasteiger charge is -2.23. The molecular formula is C25H27N3O4S. The number of hydrazone groups is 1. The van der Waals surface area contributed by atoms with Gasteiger partial charge in [-0.15, -0.1) is 0 Å². The maximum atomic E-state index is 13.3. The highest BCUT2D eigenvalue weighted by atomic mass is 32.2. The smallest absolute Gasteiger partial charge is 0.264 e. The Hall–Kier alpha value is -3.65. The number of anilines is 1. The molecule has 3 rings (SSSR count). The van der Waals surface area contributed by atoms with Gasteiger partial charge in [0.15, 0.2) is 0 Å². The summed E-state index contributed by atoms with van der Waals surface area (Å²) in [5.41, 5.74) is 4.51. The van der Waals surface area contributed by atoms with E-state index in [1.54, 1.807) is 42.5 Å². The summed E-state index contributed by atoms with van der Waals surface area (Å²) >= 11 is 0. The van der Waals surface area contributed by atoms with Crippen LogP contribution < -0.4 is 14.5 Å². The number of nitrogens with zero attached hydrogens (tertiary/aromatic N) is 2. The molecule has 0 unspecified atom stereocenters. The number of para-hydroxylation sites is 1. The van der Waals surface area contributed by atoms with Crippen molar-refractivity contribution in [2.45, 2.75) is 25.2 Å². The third kappa shape index (κ3) is 6.66. The lowest BCUT2D eigenvalue weighted by atomic mass is 10.2. The molecule has 0 atom stereocenters.